The van der Waals surface area contributed by atoms with Crippen molar-refractivity contribution in [2.24, 2.45) is 0 Å². The number of halogens is 4. The molecule has 0 saturated carbocycles. The van der Waals surface area contributed by atoms with Gasteiger partial charge in [-0.2, -0.15) is 18.4 Å². The highest BCUT2D eigenvalue weighted by Crippen LogP contribution is 2.32. The Bertz CT molecular complexity index is 629. The van der Waals surface area contributed by atoms with Crippen molar-refractivity contribution in [3.63, 3.8) is 0 Å². The lowest BCUT2D eigenvalue weighted by Gasteiger charge is -2.08. The van der Waals surface area contributed by atoms with Gasteiger partial charge in [-0.05, 0) is 24.3 Å². The summed E-state index contributed by atoms with van der Waals surface area (Å²) in [5, 5.41) is 8.94. The van der Waals surface area contributed by atoms with E-state index in [9.17, 15) is 13.2 Å². The van der Waals surface area contributed by atoms with Crippen LogP contribution in [0.15, 0.2) is 24.3 Å². The summed E-state index contributed by atoms with van der Waals surface area (Å²) in [6.45, 7) is 0. The van der Waals surface area contributed by atoms with Crippen LogP contribution < -0.4 is 0 Å². The second kappa shape index (κ2) is 3.90. The van der Waals surface area contributed by atoms with Gasteiger partial charge >= 0.3 is 6.18 Å². The van der Waals surface area contributed by atoms with Crippen molar-refractivity contribution >= 4 is 22.5 Å². The number of rotatable bonds is 0. The van der Waals surface area contributed by atoms with Crippen LogP contribution in [0.5, 0.6) is 0 Å². The summed E-state index contributed by atoms with van der Waals surface area (Å²) in [6.07, 6.45) is -4.54. The molecule has 2 rings (SSSR count). The number of alkyl halides is 3. The molecule has 1 aromatic heterocycles. The number of aromatic nitrogens is 1. The minimum atomic E-state index is -4.54. The Morgan fingerprint density at radius 3 is 2.53 bits per heavy atom. The molecular weight excluding hydrogens is 253 g/mol. The molecule has 17 heavy (non-hydrogen) atoms. The monoisotopic (exact) mass is 256 g/mol. The Kier molecular flexibility index (Phi) is 2.68. The number of hydrogen-bond donors (Lipinski definition) is 0. The summed E-state index contributed by atoms with van der Waals surface area (Å²) in [4.78, 5) is 3.46. The molecule has 0 aliphatic heterocycles. The van der Waals surface area contributed by atoms with E-state index in [4.69, 9.17) is 16.9 Å². The maximum Gasteiger partial charge on any atom is 0.433 e. The van der Waals surface area contributed by atoms with Crippen molar-refractivity contribution < 1.29 is 13.2 Å². The van der Waals surface area contributed by atoms with Crippen molar-refractivity contribution in [2.45, 2.75) is 6.18 Å². The van der Waals surface area contributed by atoms with Crippen LogP contribution >= 0.6 is 11.6 Å². The van der Waals surface area contributed by atoms with E-state index in [-0.39, 0.29) is 10.5 Å². The zero-order valence-electron chi connectivity index (χ0n) is 8.22. The maximum atomic E-state index is 12.5. The molecule has 0 fully saturated rings. The lowest BCUT2D eigenvalue weighted by atomic mass is 10.1. The van der Waals surface area contributed by atoms with Crippen LogP contribution in [-0.4, -0.2) is 4.98 Å². The lowest BCUT2D eigenvalue weighted by molar-refractivity contribution is -0.140. The number of nitrogens with zero attached hydrogens (tertiary/aromatic N) is 2. The highest BCUT2D eigenvalue weighted by atomic mass is 35.5. The summed E-state index contributed by atoms with van der Waals surface area (Å²) < 4.78 is 37.4. The lowest BCUT2D eigenvalue weighted by Crippen LogP contribution is -2.07. The van der Waals surface area contributed by atoms with Crippen molar-refractivity contribution in [1.82, 2.24) is 4.98 Å². The van der Waals surface area contributed by atoms with Crippen LogP contribution in [0.4, 0.5) is 13.2 Å². The van der Waals surface area contributed by atoms with E-state index in [0.29, 0.717) is 10.9 Å². The van der Waals surface area contributed by atoms with E-state index in [2.05, 4.69) is 4.98 Å². The van der Waals surface area contributed by atoms with E-state index < -0.39 is 11.9 Å². The molecule has 0 aliphatic rings. The van der Waals surface area contributed by atoms with Crippen molar-refractivity contribution in [2.75, 3.05) is 0 Å². The fraction of sp³-hybridized carbons (Fsp3) is 0.0909. The highest BCUT2D eigenvalue weighted by molar-refractivity contribution is 6.35. The third kappa shape index (κ3) is 2.17. The van der Waals surface area contributed by atoms with Crippen LogP contribution in [0.25, 0.3) is 10.9 Å². The predicted octanol–water partition coefficient (Wildman–Crippen LogP) is 3.78. The zero-order valence-corrected chi connectivity index (χ0v) is 8.97. The third-order valence-electron chi connectivity index (χ3n) is 2.18. The van der Waals surface area contributed by atoms with Gasteiger partial charge in [-0.1, -0.05) is 11.6 Å². The van der Waals surface area contributed by atoms with Gasteiger partial charge in [-0.15, -0.1) is 0 Å². The zero-order chi connectivity index (χ0) is 12.6. The van der Waals surface area contributed by atoms with E-state index >= 15 is 0 Å². The minimum absolute atomic E-state index is 0.0700. The quantitative estimate of drug-likeness (QED) is 0.719. The van der Waals surface area contributed by atoms with Crippen molar-refractivity contribution in [3.8, 4) is 6.07 Å². The molecule has 6 heteroatoms. The Balaban J connectivity index is 2.73. The minimum Gasteiger partial charge on any atom is -0.243 e. The molecule has 0 N–H and O–H groups in total. The fourth-order valence-corrected chi connectivity index (χ4v) is 1.65. The Labute approximate surface area is 99.3 Å². The van der Waals surface area contributed by atoms with Gasteiger partial charge in [-0.25, -0.2) is 4.98 Å². The van der Waals surface area contributed by atoms with E-state index in [1.807, 2.05) is 6.07 Å². The van der Waals surface area contributed by atoms with Gasteiger partial charge in [0.1, 0.15) is 5.69 Å². The average molecular weight is 257 g/mol. The van der Waals surface area contributed by atoms with Crippen molar-refractivity contribution in [3.05, 3.63) is 40.5 Å². The summed E-state index contributed by atoms with van der Waals surface area (Å²) in [5.74, 6) is 0. The molecule has 0 bridgehead atoms. The molecule has 1 aromatic carbocycles. The van der Waals surface area contributed by atoms with Gasteiger partial charge in [0, 0.05) is 5.39 Å². The molecule has 86 valence electrons. The number of benzene rings is 1. The van der Waals surface area contributed by atoms with Gasteiger partial charge < -0.3 is 0 Å². The Morgan fingerprint density at radius 1 is 1.24 bits per heavy atom. The molecule has 0 atom stereocenters. The first-order valence-corrected chi connectivity index (χ1v) is 4.87. The van der Waals surface area contributed by atoms with Crippen LogP contribution in [-0.2, 0) is 6.18 Å². The molecule has 0 aliphatic carbocycles. The molecule has 0 unspecified atom stereocenters. The first kappa shape index (κ1) is 11.7. The smallest absolute Gasteiger partial charge is 0.243 e. The van der Waals surface area contributed by atoms with Gasteiger partial charge in [0.2, 0.25) is 0 Å². The number of fused-ring (bicyclic) bond motifs is 1. The van der Waals surface area contributed by atoms with E-state index in [1.54, 1.807) is 0 Å². The van der Waals surface area contributed by atoms with Gasteiger partial charge in [0.25, 0.3) is 0 Å². The van der Waals surface area contributed by atoms with E-state index in [0.717, 1.165) is 6.07 Å². The first-order chi connectivity index (χ1) is 7.91. The van der Waals surface area contributed by atoms with Crippen molar-refractivity contribution in [1.29, 1.82) is 5.26 Å². The molecule has 0 radical (unpaired) electrons. The van der Waals surface area contributed by atoms with Gasteiger partial charge in [-0.3, -0.25) is 0 Å². The van der Waals surface area contributed by atoms with Crippen LogP contribution in [0.3, 0.4) is 0 Å². The Morgan fingerprint density at radius 2 is 1.94 bits per heavy atom. The standard InChI is InChI=1S/C11H4ClF3N2/c12-8-4-10(11(13,14)15)17-9-2-1-6(5-16)3-7(8)9/h1-4H. The third-order valence-corrected chi connectivity index (χ3v) is 2.49. The second-order valence-corrected chi connectivity index (χ2v) is 3.74. The first-order valence-electron chi connectivity index (χ1n) is 4.49. The number of pyridine rings is 1. The van der Waals surface area contributed by atoms with Gasteiger partial charge in [0.05, 0.1) is 22.2 Å². The Hall–Kier alpha value is -1.80. The van der Waals surface area contributed by atoms with Crippen LogP contribution in [0.1, 0.15) is 11.3 Å². The number of hydrogen-bond acceptors (Lipinski definition) is 2. The summed E-state index contributed by atoms with van der Waals surface area (Å²) in [6, 6.07) is 6.78. The summed E-state index contributed by atoms with van der Waals surface area (Å²) in [7, 11) is 0. The summed E-state index contributed by atoms with van der Waals surface area (Å²) >= 11 is 5.75. The normalized spacial score (nSPS) is 11.5. The molecule has 0 spiro atoms. The molecule has 2 aromatic rings. The number of nitriles is 1. The fourth-order valence-electron chi connectivity index (χ4n) is 1.40. The SMILES string of the molecule is N#Cc1ccc2nc(C(F)(F)F)cc(Cl)c2c1. The highest BCUT2D eigenvalue weighted by Gasteiger charge is 2.33. The molecule has 1 heterocycles. The average Bonchev–Trinajstić information content (AvgIpc) is 2.27. The topological polar surface area (TPSA) is 36.7 Å². The molecule has 2 nitrogen and oxygen atoms in total. The predicted molar refractivity (Wildman–Crippen MR) is 56.5 cm³/mol. The van der Waals surface area contributed by atoms with E-state index in [1.165, 1.54) is 18.2 Å². The molecule has 0 amide bonds. The summed E-state index contributed by atoms with van der Waals surface area (Å²) in [5.41, 5.74) is -0.607. The maximum absolute atomic E-state index is 12.5. The van der Waals surface area contributed by atoms with Gasteiger partial charge in [0.15, 0.2) is 0 Å². The molecular formula is C11H4ClF3N2. The van der Waals surface area contributed by atoms with Crippen LogP contribution in [0.2, 0.25) is 5.02 Å². The largest absolute Gasteiger partial charge is 0.433 e. The second-order valence-electron chi connectivity index (χ2n) is 3.33. The van der Waals surface area contributed by atoms with Crippen LogP contribution in [0, 0.1) is 11.3 Å². The molecule has 0 saturated heterocycles.